The predicted octanol–water partition coefficient (Wildman–Crippen LogP) is 1.52. The number of aryl methyl sites for hydroxylation is 1. The first-order valence-electron chi connectivity index (χ1n) is 5.46. The predicted molar refractivity (Wildman–Crippen MR) is 62.2 cm³/mol. The van der Waals surface area contributed by atoms with Crippen LogP contribution in [0.25, 0.3) is 0 Å². The minimum Gasteiger partial charge on any atom is -0.326 e. The second kappa shape index (κ2) is 5.27. The minimum absolute atomic E-state index is 0.140. The number of halogens is 1. The number of nitrogens with zero attached hydrogens (tertiary/aromatic N) is 2. The van der Waals surface area contributed by atoms with Crippen molar-refractivity contribution in [3.63, 3.8) is 0 Å². The molecule has 2 N–H and O–H groups in total. The van der Waals surface area contributed by atoms with Crippen LogP contribution in [0.4, 0.5) is 4.39 Å². The first-order valence-corrected chi connectivity index (χ1v) is 5.46. The molecule has 0 aromatic carbocycles. The monoisotopic (exact) mass is 243 g/mol. The summed E-state index contributed by atoms with van der Waals surface area (Å²) in [6.07, 6.45) is 2.65. The van der Waals surface area contributed by atoms with Crippen molar-refractivity contribution in [1.82, 2.24) is 9.72 Å². The van der Waals surface area contributed by atoms with Gasteiger partial charge in [0.1, 0.15) is 5.83 Å². The summed E-state index contributed by atoms with van der Waals surface area (Å²) >= 11 is 0. The SMILES string of the molecule is Cc1noc(=O)n1C/C(F)=C\CCC(C)(C)N. The fourth-order valence-electron chi connectivity index (χ4n) is 1.33. The maximum atomic E-state index is 13.5. The van der Waals surface area contributed by atoms with Crippen LogP contribution in [-0.2, 0) is 6.54 Å². The molecule has 0 spiro atoms. The molecule has 0 atom stereocenters. The first kappa shape index (κ1) is 13.6. The van der Waals surface area contributed by atoms with Gasteiger partial charge in [-0.1, -0.05) is 11.2 Å². The van der Waals surface area contributed by atoms with Gasteiger partial charge < -0.3 is 5.73 Å². The van der Waals surface area contributed by atoms with Gasteiger partial charge in [0.15, 0.2) is 5.82 Å². The van der Waals surface area contributed by atoms with E-state index in [0.29, 0.717) is 18.7 Å². The first-order chi connectivity index (χ1) is 7.79. The van der Waals surface area contributed by atoms with Crippen LogP contribution in [-0.4, -0.2) is 15.3 Å². The molecule has 0 unspecified atom stereocenters. The molecular weight excluding hydrogens is 225 g/mol. The van der Waals surface area contributed by atoms with Crippen LogP contribution in [0.3, 0.4) is 0 Å². The Morgan fingerprint density at radius 3 is 2.76 bits per heavy atom. The molecule has 0 radical (unpaired) electrons. The maximum Gasteiger partial charge on any atom is 0.441 e. The number of allylic oxidation sites excluding steroid dienone is 2. The highest BCUT2D eigenvalue weighted by Gasteiger charge is 2.10. The van der Waals surface area contributed by atoms with Crippen LogP contribution in [0.1, 0.15) is 32.5 Å². The van der Waals surface area contributed by atoms with Crippen molar-refractivity contribution >= 4 is 0 Å². The van der Waals surface area contributed by atoms with Crippen molar-refractivity contribution in [2.45, 2.75) is 45.7 Å². The largest absolute Gasteiger partial charge is 0.441 e. The van der Waals surface area contributed by atoms with E-state index >= 15 is 0 Å². The summed E-state index contributed by atoms with van der Waals surface area (Å²) in [7, 11) is 0. The second-order valence-corrected chi connectivity index (χ2v) is 4.76. The van der Waals surface area contributed by atoms with Crippen molar-refractivity contribution < 1.29 is 8.91 Å². The van der Waals surface area contributed by atoms with E-state index in [1.54, 1.807) is 6.92 Å². The van der Waals surface area contributed by atoms with Gasteiger partial charge in [-0.25, -0.2) is 9.18 Å². The topological polar surface area (TPSA) is 74.0 Å². The smallest absolute Gasteiger partial charge is 0.326 e. The molecule has 6 heteroatoms. The van der Waals surface area contributed by atoms with Gasteiger partial charge in [-0.05, 0) is 33.6 Å². The zero-order chi connectivity index (χ0) is 13.1. The summed E-state index contributed by atoms with van der Waals surface area (Å²) in [4.78, 5) is 11.1. The number of hydrogen-bond acceptors (Lipinski definition) is 4. The van der Waals surface area contributed by atoms with E-state index in [9.17, 15) is 9.18 Å². The Hall–Kier alpha value is -1.43. The lowest BCUT2D eigenvalue weighted by Gasteiger charge is -2.16. The van der Waals surface area contributed by atoms with Crippen LogP contribution in [0.15, 0.2) is 21.2 Å². The number of aromatic nitrogens is 2. The number of nitrogens with two attached hydrogens (primary N) is 1. The summed E-state index contributed by atoms with van der Waals surface area (Å²) in [5.41, 5.74) is 5.46. The molecule has 1 heterocycles. The van der Waals surface area contributed by atoms with Gasteiger partial charge in [0, 0.05) is 5.54 Å². The quantitative estimate of drug-likeness (QED) is 0.850. The molecule has 0 saturated heterocycles. The van der Waals surface area contributed by atoms with Crippen molar-refractivity contribution in [2.24, 2.45) is 5.73 Å². The highest BCUT2D eigenvalue weighted by molar-refractivity contribution is 4.95. The molecule has 96 valence electrons. The van der Waals surface area contributed by atoms with Gasteiger partial charge in [0.05, 0.1) is 6.54 Å². The van der Waals surface area contributed by atoms with Gasteiger partial charge in [0.2, 0.25) is 0 Å². The van der Waals surface area contributed by atoms with E-state index in [-0.39, 0.29) is 17.9 Å². The van der Waals surface area contributed by atoms with Gasteiger partial charge in [0.25, 0.3) is 0 Å². The average molecular weight is 243 g/mol. The van der Waals surface area contributed by atoms with Crippen molar-refractivity contribution in [1.29, 1.82) is 0 Å². The summed E-state index contributed by atoms with van der Waals surface area (Å²) in [6.45, 7) is 5.21. The zero-order valence-corrected chi connectivity index (χ0v) is 10.4. The zero-order valence-electron chi connectivity index (χ0n) is 10.4. The summed E-state index contributed by atoms with van der Waals surface area (Å²) in [5, 5.41) is 3.45. The maximum absolute atomic E-state index is 13.5. The Morgan fingerprint density at radius 2 is 2.29 bits per heavy atom. The van der Waals surface area contributed by atoms with E-state index in [4.69, 9.17) is 5.73 Å². The summed E-state index contributed by atoms with van der Waals surface area (Å²) in [5.74, 6) is -0.675. The lowest BCUT2D eigenvalue weighted by molar-refractivity contribution is 0.373. The molecular formula is C11H18FN3O2. The normalized spacial score (nSPS) is 13.1. The molecule has 1 rings (SSSR count). The Kier molecular flexibility index (Phi) is 4.22. The van der Waals surface area contributed by atoms with Gasteiger partial charge in [-0.15, -0.1) is 0 Å². The summed E-state index contributed by atoms with van der Waals surface area (Å²) < 4.78 is 19.0. The molecule has 0 aliphatic heterocycles. The highest BCUT2D eigenvalue weighted by Crippen LogP contribution is 2.10. The van der Waals surface area contributed by atoms with Crippen molar-refractivity contribution in [3.8, 4) is 0 Å². The average Bonchev–Trinajstić information content (AvgIpc) is 2.47. The standard InChI is InChI=1S/C11H18FN3O2/c1-8-14-17-10(16)15(8)7-9(12)5-4-6-11(2,3)13/h5H,4,6-7,13H2,1-3H3/b9-5+. The van der Waals surface area contributed by atoms with Crippen molar-refractivity contribution in [3.05, 3.63) is 28.3 Å². The van der Waals surface area contributed by atoms with Crippen molar-refractivity contribution in [2.75, 3.05) is 0 Å². The third-order valence-electron chi connectivity index (χ3n) is 2.33. The molecule has 1 aromatic heterocycles. The molecule has 0 aliphatic rings. The van der Waals surface area contributed by atoms with E-state index in [1.165, 1.54) is 6.08 Å². The Bertz CT molecular complexity index is 454. The van der Waals surface area contributed by atoms with Gasteiger partial charge >= 0.3 is 5.76 Å². The third kappa shape index (κ3) is 4.52. The minimum atomic E-state index is -0.648. The molecule has 0 aliphatic carbocycles. The number of hydrogen-bond donors (Lipinski definition) is 1. The summed E-state index contributed by atoms with van der Waals surface area (Å²) in [6, 6.07) is 0. The van der Waals surface area contributed by atoms with E-state index in [0.717, 1.165) is 4.57 Å². The molecule has 0 saturated carbocycles. The highest BCUT2D eigenvalue weighted by atomic mass is 19.1. The van der Waals surface area contributed by atoms with Crippen LogP contribution in [0.2, 0.25) is 0 Å². The lowest BCUT2D eigenvalue weighted by atomic mass is 10.00. The molecule has 0 fully saturated rings. The van der Waals surface area contributed by atoms with E-state index in [2.05, 4.69) is 9.68 Å². The fourth-order valence-corrected chi connectivity index (χ4v) is 1.33. The van der Waals surface area contributed by atoms with Crippen LogP contribution in [0, 0.1) is 6.92 Å². The van der Waals surface area contributed by atoms with Crippen LogP contribution >= 0.6 is 0 Å². The molecule has 0 amide bonds. The molecule has 1 aromatic rings. The third-order valence-corrected chi connectivity index (χ3v) is 2.33. The Labute approximate surface area is 99.1 Å². The number of rotatable bonds is 5. The molecule has 17 heavy (non-hydrogen) atoms. The van der Waals surface area contributed by atoms with Crippen LogP contribution < -0.4 is 11.5 Å². The Balaban J connectivity index is 2.58. The lowest BCUT2D eigenvalue weighted by Crippen LogP contribution is -2.31. The molecule has 5 nitrogen and oxygen atoms in total. The van der Waals surface area contributed by atoms with E-state index < -0.39 is 5.76 Å². The molecule has 0 bridgehead atoms. The Morgan fingerprint density at radius 1 is 1.65 bits per heavy atom. The second-order valence-electron chi connectivity index (χ2n) is 4.76. The van der Waals surface area contributed by atoms with Gasteiger partial charge in [-0.3, -0.25) is 9.09 Å². The van der Waals surface area contributed by atoms with Gasteiger partial charge in [-0.2, -0.15) is 0 Å². The van der Waals surface area contributed by atoms with Crippen LogP contribution in [0.5, 0.6) is 0 Å². The van der Waals surface area contributed by atoms with E-state index in [1.807, 2.05) is 13.8 Å². The fraction of sp³-hybridized carbons (Fsp3) is 0.636.